The summed E-state index contributed by atoms with van der Waals surface area (Å²) >= 11 is 0. The normalized spacial score (nSPS) is 15.9. The third kappa shape index (κ3) is 4.33. The zero-order chi connectivity index (χ0) is 22.0. The maximum absolute atomic E-state index is 14.0. The van der Waals surface area contributed by atoms with Gasteiger partial charge in [-0.2, -0.15) is 9.40 Å². The molecule has 0 aliphatic carbocycles. The first-order valence-corrected chi connectivity index (χ1v) is 11.8. The lowest BCUT2D eigenvalue weighted by Gasteiger charge is -2.33. The van der Waals surface area contributed by atoms with Gasteiger partial charge in [-0.15, -0.1) is 0 Å². The number of nitrogens with zero attached hydrogens (tertiary/aromatic N) is 3. The molecule has 3 aromatic rings. The van der Waals surface area contributed by atoms with E-state index >= 15 is 0 Å². The SMILES string of the molecule is CCN(Cc1ccccc1F)C(=O)C1CCN(S(=O)(=O)c2ccc3cn[nH]c3c2)CC1. The number of hydrogen-bond acceptors (Lipinski definition) is 4. The highest BCUT2D eigenvalue weighted by Crippen LogP contribution is 2.27. The molecule has 2 heterocycles. The van der Waals surface area contributed by atoms with Crippen molar-refractivity contribution in [3.63, 3.8) is 0 Å². The number of carbonyl (C=O) groups excluding carboxylic acids is 1. The molecular weight excluding hydrogens is 419 g/mol. The van der Waals surface area contributed by atoms with Gasteiger partial charge in [-0.1, -0.05) is 18.2 Å². The van der Waals surface area contributed by atoms with E-state index < -0.39 is 10.0 Å². The molecule has 4 rings (SSSR count). The Morgan fingerprint density at radius 1 is 1.23 bits per heavy atom. The Morgan fingerprint density at radius 3 is 2.68 bits per heavy atom. The fourth-order valence-electron chi connectivity index (χ4n) is 4.00. The van der Waals surface area contributed by atoms with Gasteiger partial charge in [0, 0.05) is 43.0 Å². The van der Waals surface area contributed by atoms with E-state index in [0.29, 0.717) is 30.5 Å². The summed E-state index contributed by atoms with van der Waals surface area (Å²) in [6, 6.07) is 11.3. The fraction of sp³-hybridized carbons (Fsp3) is 0.364. The quantitative estimate of drug-likeness (QED) is 0.633. The van der Waals surface area contributed by atoms with E-state index in [2.05, 4.69) is 10.2 Å². The molecule has 7 nitrogen and oxygen atoms in total. The van der Waals surface area contributed by atoms with Crippen molar-refractivity contribution in [2.75, 3.05) is 19.6 Å². The Morgan fingerprint density at radius 2 is 1.97 bits per heavy atom. The monoisotopic (exact) mass is 444 g/mol. The number of carbonyl (C=O) groups is 1. The van der Waals surface area contributed by atoms with Gasteiger partial charge in [0.1, 0.15) is 5.82 Å². The van der Waals surface area contributed by atoms with Crippen LogP contribution in [0.15, 0.2) is 53.6 Å². The minimum atomic E-state index is -3.65. The molecule has 0 bridgehead atoms. The highest BCUT2D eigenvalue weighted by Gasteiger charge is 2.33. The van der Waals surface area contributed by atoms with Crippen LogP contribution in [0.4, 0.5) is 4.39 Å². The molecule has 1 fully saturated rings. The van der Waals surface area contributed by atoms with E-state index in [4.69, 9.17) is 0 Å². The van der Waals surface area contributed by atoms with Crippen LogP contribution in [0.3, 0.4) is 0 Å². The number of aromatic amines is 1. The Kier molecular flexibility index (Phi) is 6.06. The summed E-state index contributed by atoms with van der Waals surface area (Å²) in [6.45, 7) is 3.10. The van der Waals surface area contributed by atoms with Crippen molar-refractivity contribution in [3.05, 3.63) is 60.0 Å². The van der Waals surface area contributed by atoms with E-state index in [9.17, 15) is 17.6 Å². The summed E-state index contributed by atoms with van der Waals surface area (Å²) in [5.74, 6) is -0.654. The molecule has 0 spiro atoms. The Bertz CT molecular complexity index is 1190. The van der Waals surface area contributed by atoms with Gasteiger partial charge in [0.05, 0.1) is 16.6 Å². The molecule has 1 N–H and O–H groups in total. The largest absolute Gasteiger partial charge is 0.338 e. The van der Waals surface area contributed by atoms with Crippen LogP contribution in [0.2, 0.25) is 0 Å². The molecule has 0 saturated carbocycles. The molecular formula is C22H25FN4O3S. The molecule has 1 saturated heterocycles. The predicted molar refractivity (Wildman–Crippen MR) is 115 cm³/mol. The number of hydrogen-bond donors (Lipinski definition) is 1. The molecule has 1 aliphatic heterocycles. The minimum Gasteiger partial charge on any atom is -0.338 e. The number of aromatic nitrogens is 2. The van der Waals surface area contributed by atoms with Crippen molar-refractivity contribution in [1.82, 2.24) is 19.4 Å². The van der Waals surface area contributed by atoms with Crippen LogP contribution in [-0.2, 0) is 21.4 Å². The first kappa shape index (κ1) is 21.5. The van der Waals surface area contributed by atoms with Crippen molar-refractivity contribution >= 4 is 26.8 Å². The van der Waals surface area contributed by atoms with Crippen molar-refractivity contribution in [1.29, 1.82) is 0 Å². The van der Waals surface area contributed by atoms with Crippen molar-refractivity contribution in [3.8, 4) is 0 Å². The molecule has 9 heteroatoms. The summed E-state index contributed by atoms with van der Waals surface area (Å²) in [5, 5.41) is 7.56. The van der Waals surface area contributed by atoms with Crippen LogP contribution >= 0.6 is 0 Å². The first-order chi connectivity index (χ1) is 14.9. The number of rotatable bonds is 6. The van der Waals surface area contributed by atoms with Gasteiger partial charge in [0.25, 0.3) is 0 Å². The van der Waals surface area contributed by atoms with Gasteiger partial charge in [-0.05, 0) is 44.0 Å². The van der Waals surface area contributed by atoms with Gasteiger partial charge in [-0.25, -0.2) is 12.8 Å². The third-order valence-electron chi connectivity index (χ3n) is 5.87. The van der Waals surface area contributed by atoms with E-state index in [1.54, 1.807) is 47.5 Å². The second kappa shape index (κ2) is 8.76. The predicted octanol–water partition coefficient (Wildman–Crippen LogP) is 3.15. The summed E-state index contributed by atoms with van der Waals surface area (Å²) in [5.41, 5.74) is 1.14. The number of H-pyrrole nitrogens is 1. The van der Waals surface area contributed by atoms with E-state index in [1.165, 1.54) is 10.4 Å². The van der Waals surface area contributed by atoms with E-state index in [-0.39, 0.29) is 42.2 Å². The van der Waals surface area contributed by atoms with Crippen molar-refractivity contribution < 1.29 is 17.6 Å². The molecule has 164 valence electrons. The lowest BCUT2D eigenvalue weighted by molar-refractivity contribution is -0.137. The zero-order valence-corrected chi connectivity index (χ0v) is 18.1. The van der Waals surface area contributed by atoms with Crippen LogP contribution in [0.25, 0.3) is 10.9 Å². The number of sulfonamides is 1. The van der Waals surface area contributed by atoms with Gasteiger partial charge >= 0.3 is 0 Å². The van der Waals surface area contributed by atoms with Gasteiger partial charge in [0.2, 0.25) is 15.9 Å². The summed E-state index contributed by atoms with van der Waals surface area (Å²) in [4.78, 5) is 14.9. The minimum absolute atomic E-state index is 0.0540. The maximum Gasteiger partial charge on any atom is 0.243 e. The smallest absolute Gasteiger partial charge is 0.243 e. The highest BCUT2D eigenvalue weighted by molar-refractivity contribution is 7.89. The van der Waals surface area contributed by atoms with Crippen molar-refractivity contribution in [2.45, 2.75) is 31.2 Å². The first-order valence-electron chi connectivity index (χ1n) is 10.4. The number of nitrogens with one attached hydrogen (secondary N) is 1. The third-order valence-corrected chi connectivity index (χ3v) is 7.76. The number of halogens is 1. The number of fused-ring (bicyclic) bond motifs is 1. The maximum atomic E-state index is 14.0. The summed E-state index contributed by atoms with van der Waals surface area (Å²) < 4.78 is 41.5. The molecule has 1 aromatic heterocycles. The van der Waals surface area contributed by atoms with Crippen LogP contribution in [-0.4, -0.2) is 53.4 Å². The summed E-state index contributed by atoms with van der Waals surface area (Å²) in [6.07, 6.45) is 2.53. The number of piperidine rings is 1. The second-order valence-electron chi connectivity index (χ2n) is 7.74. The average Bonchev–Trinajstić information content (AvgIpc) is 3.26. The lowest BCUT2D eigenvalue weighted by atomic mass is 9.96. The molecule has 0 unspecified atom stereocenters. The Hall–Kier alpha value is -2.78. The van der Waals surface area contributed by atoms with Crippen LogP contribution < -0.4 is 0 Å². The van der Waals surface area contributed by atoms with Gasteiger partial charge in [-0.3, -0.25) is 9.89 Å². The van der Waals surface area contributed by atoms with Crippen molar-refractivity contribution in [2.24, 2.45) is 5.92 Å². The number of amides is 1. The number of benzene rings is 2. The van der Waals surface area contributed by atoms with Gasteiger partial charge < -0.3 is 4.90 Å². The topological polar surface area (TPSA) is 86.4 Å². The molecule has 2 aromatic carbocycles. The van der Waals surface area contributed by atoms with Crippen LogP contribution in [0.1, 0.15) is 25.3 Å². The fourth-order valence-corrected chi connectivity index (χ4v) is 5.50. The standard InChI is InChI=1S/C22H25FN4O3S/c1-2-26(15-18-5-3-4-6-20(18)23)22(28)16-9-11-27(12-10-16)31(29,30)19-8-7-17-14-24-25-21(17)13-19/h3-8,13-14,16H,2,9-12,15H2,1H3,(H,24,25). The van der Waals surface area contributed by atoms with Crippen LogP contribution in [0.5, 0.6) is 0 Å². The Labute approximate surface area is 180 Å². The second-order valence-corrected chi connectivity index (χ2v) is 9.68. The molecule has 1 amide bonds. The van der Waals surface area contributed by atoms with E-state index in [0.717, 1.165) is 5.39 Å². The Balaban J connectivity index is 1.42. The molecule has 31 heavy (non-hydrogen) atoms. The average molecular weight is 445 g/mol. The lowest BCUT2D eigenvalue weighted by Crippen LogP contribution is -2.44. The zero-order valence-electron chi connectivity index (χ0n) is 17.3. The van der Waals surface area contributed by atoms with Crippen LogP contribution in [0, 0.1) is 11.7 Å². The van der Waals surface area contributed by atoms with Gasteiger partial charge in [0.15, 0.2) is 0 Å². The molecule has 0 radical (unpaired) electrons. The molecule has 0 atom stereocenters. The summed E-state index contributed by atoms with van der Waals surface area (Å²) in [7, 11) is -3.65. The van der Waals surface area contributed by atoms with E-state index in [1.807, 2.05) is 6.92 Å². The highest BCUT2D eigenvalue weighted by atomic mass is 32.2. The molecule has 1 aliphatic rings.